The van der Waals surface area contributed by atoms with E-state index in [4.69, 9.17) is 4.74 Å². The van der Waals surface area contributed by atoms with Gasteiger partial charge in [0.2, 0.25) is 5.91 Å². The van der Waals surface area contributed by atoms with Crippen LogP contribution in [0, 0.1) is 0 Å². The highest BCUT2D eigenvalue weighted by Crippen LogP contribution is 2.46. The number of para-hydroxylation sites is 2. The summed E-state index contributed by atoms with van der Waals surface area (Å²) in [6.45, 7) is 5.08. The largest absolute Gasteiger partial charge is 0.456 e. The second-order valence-corrected chi connectivity index (χ2v) is 9.12. The van der Waals surface area contributed by atoms with Gasteiger partial charge in [-0.15, -0.1) is 0 Å². The van der Waals surface area contributed by atoms with Crippen LogP contribution in [-0.2, 0) is 31.0 Å². The van der Waals surface area contributed by atoms with Crippen molar-refractivity contribution >= 4 is 34.3 Å². The quantitative estimate of drug-likeness (QED) is 0.416. The van der Waals surface area contributed by atoms with Gasteiger partial charge in [-0.05, 0) is 23.3 Å². The van der Waals surface area contributed by atoms with Crippen molar-refractivity contribution in [2.75, 3.05) is 18.6 Å². The van der Waals surface area contributed by atoms with Crippen molar-refractivity contribution in [3.8, 4) is 0 Å². The fourth-order valence-electron chi connectivity index (χ4n) is 4.65. The van der Waals surface area contributed by atoms with Crippen LogP contribution in [0.1, 0.15) is 31.9 Å². The van der Waals surface area contributed by atoms with E-state index >= 15 is 0 Å². The minimum atomic E-state index is -0.896. The standard InChI is InChI=1S/C27H29N3O4/c1-17(31)29-23(13-18-15-28-22-11-7-5-9-20(18)22)26(33)34-16-19(32)14-25-27(2,3)21-10-6-8-12-24(21)30(25)4/h5-12,14-15,23,28H,13,16H2,1-4H3,(H,29,31)/t23-/m0/s1. The lowest BCUT2D eigenvalue weighted by Gasteiger charge is -2.24. The van der Waals surface area contributed by atoms with Crippen molar-refractivity contribution in [2.45, 2.75) is 38.6 Å². The molecule has 0 aliphatic carbocycles. The number of ether oxygens (including phenoxy) is 1. The first kappa shape index (κ1) is 23.3. The molecule has 7 nitrogen and oxygen atoms in total. The Balaban J connectivity index is 1.45. The molecular formula is C27H29N3O4. The van der Waals surface area contributed by atoms with E-state index in [1.807, 2.05) is 60.6 Å². The van der Waals surface area contributed by atoms with Crippen LogP contribution < -0.4 is 10.2 Å². The van der Waals surface area contributed by atoms with Gasteiger partial charge in [-0.25, -0.2) is 4.79 Å². The summed E-state index contributed by atoms with van der Waals surface area (Å²) in [4.78, 5) is 42.5. The summed E-state index contributed by atoms with van der Waals surface area (Å²) in [5, 5.41) is 3.62. The number of allylic oxidation sites excluding steroid dienone is 1. The Bertz CT molecular complexity index is 1290. The number of nitrogens with zero attached hydrogens (tertiary/aromatic N) is 1. The van der Waals surface area contributed by atoms with E-state index in [0.717, 1.165) is 33.4 Å². The summed E-state index contributed by atoms with van der Waals surface area (Å²) in [6, 6.07) is 14.9. The van der Waals surface area contributed by atoms with Crippen LogP contribution in [0.25, 0.3) is 10.9 Å². The van der Waals surface area contributed by atoms with Crippen LogP contribution in [0.3, 0.4) is 0 Å². The molecule has 3 aromatic rings. The van der Waals surface area contributed by atoms with E-state index in [1.165, 1.54) is 6.92 Å². The Morgan fingerprint density at radius 2 is 1.82 bits per heavy atom. The maximum absolute atomic E-state index is 12.8. The maximum atomic E-state index is 12.8. The highest BCUT2D eigenvalue weighted by molar-refractivity contribution is 5.95. The van der Waals surface area contributed by atoms with Crippen molar-refractivity contribution in [3.05, 3.63) is 77.6 Å². The number of aromatic nitrogens is 1. The molecule has 7 heteroatoms. The number of nitrogens with one attached hydrogen (secondary N) is 2. The average molecular weight is 460 g/mol. The molecule has 2 heterocycles. The Labute approximate surface area is 198 Å². The number of ketones is 1. The molecule has 0 unspecified atom stereocenters. The fraction of sp³-hybridized carbons (Fsp3) is 0.296. The summed E-state index contributed by atoms with van der Waals surface area (Å²) in [6.07, 6.45) is 3.61. The number of aromatic amines is 1. The predicted molar refractivity (Wildman–Crippen MR) is 132 cm³/mol. The highest BCUT2D eigenvalue weighted by Gasteiger charge is 2.38. The zero-order chi connectivity index (χ0) is 24.5. The molecule has 0 fully saturated rings. The minimum absolute atomic E-state index is 0.253. The number of anilines is 1. The Kier molecular flexibility index (Phi) is 6.28. The number of fused-ring (bicyclic) bond motifs is 2. The van der Waals surface area contributed by atoms with Gasteiger partial charge in [0.05, 0.1) is 0 Å². The lowest BCUT2D eigenvalue weighted by molar-refractivity contribution is -0.150. The molecule has 4 rings (SSSR count). The van der Waals surface area contributed by atoms with E-state index in [9.17, 15) is 14.4 Å². The number of hydrogen-bond acceptors (Lipinski definition) is 5. The summed E-state index contributed by atoms with van der Waals surface area (Å²) in [5.41, 5.74) is 4.50. The number of carbonyl (C=O) groups is 3. The number of esters is 1. The molecule has 0 bridgehead atoms. The third-order valence-corrected chi connectivity index (χ3v) is 6.36. The summed E-state index contributed by atoms with van der Waals surface area (Å²) < 4.78 is 5.34. The first-order valence-corrected chi connectivity index (χ1v) is 11.3. The van der Waals surface area contributed by atoms with Gasteiger partial charge in [0.25, 0.3) is 0 Å². The molecule has 1 amide bonds. The Morgan fingerprint density at radius 1 is 1.12 bits per heavy atom. The van der Waals surface area contributed by atoms with E-state index in [2.05, 4.69) is 30.2 Å². The number of amides is 1. The van der Waals surface area contributed by atoms with Gasteiger partial charge in [-0.2, -0.15) is 0 Å². The summed E-state index contributed by atoms with van der Waals surface area (Å²) in [5.74, 6) is -1.30. The Hall–Kier alpha value is -3.87. The molecule has 0 saturated carbocycles. The lowest BCUT2D eigenvalue weighted by atomic mass is 9.83. The monoisotopic (exact) mass is 459 g/mol. The van der Waals surface area contributed by atoms with Gasteiger partial charge < -0.3 is 19.9 Å². The predicted octanol–water partition coefficient (Wildman–Crippen LogP) is 3.64. The first-order valence-electron chi connectivity index (χ1n) is 11.3. The molecule has 2 N–H and O–H groups in total. The number of likely N-dealkylation sites (N-methyl/N-ethyl adjacent to an activating group) is 1. The topological polar surface area (TPSA) is 91.5 Å². The van der Waals surface area contributed by atoms with Gasteiger partial charge in [0.1, 0.15) is 6.04 Å². The number of benzene rings is 2. The number of rotatable bonds is 7. The van der Waals surface area contributed by atoms with Crippen molar-refractivity contribution in [2.24, 2.45) is 0 Å². The maximum Gasteiger partial charge on any atom is 0.329 e. The van der Waals surface area contributed by atoms with Crippen LogP contribution in [0.5, 0.6) is 0 Å². The van der Waals surface area contributed by atoms with Crippen molar-refractivity contribution in [3.63, 3.8) is 0 Å². The zero-order valence-corrected chi connectivity index (χ0v) is 19.8. The van der Waals surface area contributed by atoms with E-state index < -0.39 is 18.6 Å². The minimum Gasteiger partial charge on any atom is -0.456 e. The van der Waals surface area contributed by atoms with Crippen LogP contribution >= 0.6 is 0 Å². The first-order chi connectivity index (χ1) is 16.2. The Morgan fingerprint density at radius 3 is 2.56 bits per heavy atom. The van der Waals surface area contributed by atoms with Gasteiger partial charge in [-0.3, -0.25) is 9.59 Å². The zero-order valence-electron chi connectivity index (χ0n) is 19.8. The van der Waals surface area contributed by atoms with E-state index in [1.54, 1.807) is 6.08 Å². The van der Waals surface area contributed by atoms with Gasteiger partial charge in [-0.1, -0.05) is 50.2 Å². The lowest BCUT2D eigenvalue weighted by Crippen LogP contribution is -2.42. The molecule has 1 aliphatic heterocycles. The van der Waals surface area contributed by atoms with Crippen LogP contribution in [0.15, 0.2) is 66.5 Å². The molecule has 1 aliphatic rings. The molecule has 1 atom stereocenters. The van der Waals surface area contributed by atoms with Crippen LogP contribution in [0.2, 0.25) is 0 Å². The normalized spacial score (nSPS) is 16.4. The SMILES string of the molecule is CC(=O)N[C@@H](Cc1c[nH]c2ccccc12)C(=O)OCC(=O)C=C1N(C)c2ccccc2C1(C)C. The average Bonchev–Trinajstić information content (AvgIpc) is 3.29. The third kappa shape index (κ3) is 4.46. The molecule has 2 aromatic carbocycles. The van der Waals surface area contributed by atoms with Gasteiger partial charge >= 0.3 is 5.97 Å². The molecule has 1 aromatic heterocycles. The smallest absolute Gasteiger partial charge is 0.329 e. The van der Waals surface area contributed by atoms with E-state index in [-0.39, 0.29) is 23.5 Å². The van der Waals surface area contributed by atoms with Crippen molar-refractivity contribution in [1.82, 2.24) is 10.3 Å². The fourth-order valence-corrected chi connectivity index (χ4v) is 4.65. The molecule has 176 valence electrons. The van der Waals surface area contributed by atoms with Gasteiger partial charge in [0.15, 0.2) is 12.4 Å². The number of H-pyrrole nitrogens is 1. The van der Waals surface area contributed by atoms with Crippen LogP contribution in [0.4, 0.5) is 5.69 Å². The second kappa shape index (κ2) is 9.17. The van der Waals surface area contributed by atoms with Crippen molar-refractivity contribution < 1.29 is 19.1 Å². The van der Waals surface area contributed by atoms with Gasteiger partial charge in [0, 0.05) is 60.4 Å². The molecule has 0 spiro atoms. The number of carbonyl (C=O) groups excluding carboxylic acids is 3. The van der Waals surface area contributed by atoms with Crippen molar-refractivity contribution in [1.29, 1.82) is 0 Å². The summed E-state index contributed by atoms with van der Waals surface area (Å²) in [7, 11) is 1.92. The third-order valence-electron chi connectivity index (χ3n) is 6.36. The second-order valence-electron chi connectivity index (χ2n) is 9.12. The molecule has 0 radical (unpaired) electrons. The molecule has 0 saturated heterocycles. The highest BCUT2D eigenvalue weighted by atomic mass is 16.5. The number of hydrogen-bond donors (Lipinski definition) is 2. The molecule has 34 heavy (non-hydrogen) atoms. The van der Waals surface area contributed by atoms with Crippen LogP contribution in [-0.4, -0.2) is 42.3 Å². The molecular weight excluding hydrogens is 430 g/mol. The van der Waals surface area contributed by atoms with E-state index in [0.29, 0.717) is 0 Å². The summed E-state index contributed by atoms with van der Waals surface area (Å²) >= 11 is 0.